The first kappa shape index (κ1) is 22.8. The zero-order chi connectivity index (χ0) is 20.2. The van der Waals surface area contributed by atoms with Crippen LogP contribution in [0.1, 0.15) is 50.0 Å². The first-order valence-electron chi connectivity index (χ1n) is 9.24. The maximum Gasteiger partial charge on any atom is 0.129 e. The molecule has 27 heavy (non-hydrogen) atoms. The van der Waals surface area contributed by atoms with Gasteiger partial charge < -0.3 is 25.4 Å². The largest absolute Gasteiger partial charge is 0.508 e. The second-order valence-corrected chi connectivity index (χ2v) is 6.62. The van der Waals surface area contributed by atoms with Gasteiger partial charge in [0.25, 0.3) is 0 Å². The summed E-state index contributed by atoms with van der Waals surface area (Å²) in [6, 6.07) is 15.2. The summed E-state index contributed by atoms with van der Waals surface area (Å²) >= 11 is 0. The summed E-state index contributed by atoms with van der Waals surface area (Å²) in [4.78, 5) is 9.81. The third-order valence-electron chi connectivity index (χ3n) is 4.20. The Bertz CT molecular complexity index is 688. The number of hydrogen-bond donors (Lipinski definition) is 4. The molecule has 0 fully saturated rings. The molecule has 0 aliphatic carbocycles. The number of benzene rings is 2. The molecule has 0 amide bonds. The summed E-state index contributed by atoms with van der Waals surface area (Å²) in [6.45, 7) is 5.69. The molecule has 0 spiro atoms. The van der Waals surface area contributed by atoms with Crippen LogP contribution in [-0.4, -0.2) is 33.7 Å². The normalized spacial score (nSPS) is 12.6. The second kappa shape index (κ2) is 12.2. The molecular formula is C22H31NO4. The van der Waals surface area contributed by atoms with Gasteiger partial charge in [0.05, 0.1) is 12.7 Å². The summed E-state index contributed by atoms with van der Waals surface area (Å²) in [7, 11) is 0. The van der Waals surface area contributed by atoms with Gasteiger partial charge in [-0.05, 0) is 43.5 Å². The van der Waals surface area contributed by atoms with E-state index in [1.807, 2.05) is 25.1 Å². The highest BCUT2D eigenvalue weighted by Crippen LogP contribution is 2.22. The molecule has 0 aromatic heterocycles. The topological polar surface area (TPSA) is 89.8 Å². The number of aliphatic hydroxyl groups excluding tert-OH is 2. The molecule has 0 heterocycles. The zero-order valence-corrected chi connectivity index (χ0v) is 16.4. The number of nitrogens with one attached hydrogen (secondary N) is 1. The van der Waals surface area contributed by atoms with Crippen LogP contribution in [0.25, 0.3) is 0 Å². The Kier molecular flexibility index (Phi) is 10.3. The van der Waals surface area contributed by atoms with E-state index >= 15 is 0 Å². The van der Waals surface area contributed by atoms with E-state index in [0.29, 0.717) is 24.1 Å². The van der Waals surface area contributed by atoms with Crippen LogP contribution in [0.2, 0.25) is 0 Å². The van der Waals surface area contributed by atoms with Crippen LogP contribution < -0.4 is 5.32 Å². The van der Waals surface area contributed by atoms with E-state index < -0.39 is 6.10 Å². The molecule has 4 N–H and O–H groups in total. The van der Waals surface area contributed by atoms with Crippen molar-refractivity contribution < 1.29 is 20.1 Å². The molecule has 0 bridgehead atoms. The van der Waals surface area contributed by atoms with Gasteiger partial charge >= 0.3 is 0 Å². The van der Waals surface area contributed by atoms with E-state index in [4.69, 9.17) is 5.11 Å². The van der Waals surface area contributed by atoms with Crippen molar-refractivity contribution in [3.05, 3.63) is 65.2 Å². The second-order valence-electron chi connectivity index (χ2n) is 6.62. The molecule has 0 saturated heterocycles. The van der Waals surface area contributed by atoms with Crippen LogP contribution in [0.4, 0.5) is 0 Å². The lowest BCUT2D eigenvalue weighted by Crippen LogP contribution is -2.32. The summed E-state index contributed by atoms with van der Waals surface area (Å²) < 4.78 is 0. The van der Waals surface area contributed by atoms with Gasteiger partial charge in [0.2, 0.25) is 0 Å². The van der Waals surface area contributed by atoms with Crippen molar-refractivity contribution in [2.24, 2.45) is 0 Å². The number of aliphatic hydroxyl groups is 2. The molecule has 0 aliphatic heterocycles. The fourth-order valence-corrected chi connectivity index (χ4v) is 2.41. The van der Waals surface area contributed by atoms with Gasteiger partial charge in [-0.25, -0.2) is 0 Å². The molecule has 2 unspecified atom stereocenters. The molecule has 2 atom stereocenters. The number of rotatable bonds is 8. The van der Waals surface area contributed by atoms with Crippen LogP contribution in [-0.2, 0) is 17.8 Å². The van der Waals surface area contributed by atoms with Gasteiger partial charge in [-0.1, -0.05) is 43.3 Å². The van der Waals surface area contributed by atoms with Gasteiger partial charge in [-0.15, -0.1) is 0 Å². The molecule has 5 heteroatoms. The van der Waals surface area contributed by atoms with Crippen LogP contribution in [0.15, 0.2) is 48.5 Å². The van der Waals surface area contributed by atoms with E-state index in [0.717, 1.165) is 6.42 Å². The predicted octanol–water partition coefficient (Wildman–Crippen LogP) is 3.12. The zero-order valence-electron chi connectivity index (χ0n) is 16.4. The molecule has 5 nitrogen and oxygen atoms in total. The monoisotopic (exact) mass is 373 g/mol. The third kappa shape index (κ3) is 8.82. The smallest absolute Gasteiger partial charge is 0.129 e. The van der Waals surface area contributed by atoms with Gasteiger partial charge in [-0.3, -0.25) is 0 Å². The molecule has 2 aromatic rings. The SMILES string of the molecule is CC(Cc1ccccc1)NCC(O)c1ccc(O)c(CO)c1.CCC(C)=O. The highest BCUT2D eigenvalue weighted by Gasteiger charge is 2.12. The number of aromatic hydroxyl groups is 1. The minimum Gasteiger partial charge on any atom is -0.508 e. The van der Waals surface area contributed by atoms with Crippen molar-refractivity contribution in [1.82, 2.24) is 5.32 Å². The molecule has 148 valence electrons. The maximum absolute atomic E-state index is 10.2. The average Bonchev–Trinajstić information content (AvgIpc) is 2.67. The van der Waals surface area contributed by atoms with Crippen molar-refractivity contribution in [1.29, 1.82) is 0 Å². The Morgan fingerprint density at radius 1 is 1.15 bits per heavy atom. The predicted molar refractivity (Wildman–Crippen MR) is 108 cm³/mol. The Labute approximate surface area is 161 Å². The summed E-state index contributed by atoms with van der Waals surface area (Å²) in [5.74, 6) is 0.300. The van der Waals surface area contributed by atoms with Crippen molar-refractivity contribution >= 4 is 5.78 Å². The number of Topliss-reactive ketones (excluding diaryl/α,β-unsaturated/α-hetero) is 1. The van der Waals surface area contributed by atoms with Gasteiger partial charge in [0, 0.05) is 24.6 Å². The Balaban J connectivity index is 0.000000646. The molecule has 0 saturated carbocycles. The molecule has 2 rings (SSSR count). The molecule has 0 radical (unpaired) electrons. The van der Waals surface area contributed by atoms with Crippen molar-refractivity contribution in [2.75, 3.05) is 6.54 Å². The minimum absolute atomic E-state index is 0.0452. The summed E-state index contributed by atoms with van der Waals surface area (Å²) in [5, 5.41) is 32.2. The van der Waals surface area contributed by atoms with E-state index in [1.54, 1.807) is 19.1 Å². The van der Waals surface area contributed by atoms with Crippen LogP contribution in [0.3, 0.4) is 0 Å². The Morgan fingerprint density at radius 3 is 2.33 bits per heavy atom. The van der Waals surface area contributed by atoms with E-state index in [1.165, 1.54) is 11.6 Å². The Hall–Kier alpha value is -2.21. The van der Waals surface area contributed by atoms with E-state index in [2.05, 4.69) is 24.4 Å². The summed E-state index contributed by atoms with van der Waals surface area (Å²) in [6.07, 6.45) is 0.884. The fraction of sp³-hybridized carbons (Fsp3) is 0.409. The number of carbonyl (C=O) groups is 1. The number of hydrogen-bond acceptors (Lipinski definition) is 5. The van der Waals surface area contributed by atoms with Crippen molar-refractivity contribution in [2.45, 2.75) is 52.4 Å². The van der Waals surface area contributed by atoms with Gasteiger partial charge in [0.15, 0.2) is 0 Å². The number of carbonyl (C=O) groups excluding carboxylic acids is 1. The molecular weight excluding hydrogens is 342 g/mol. The van der Waals surface area contributed by atoms with Crippen molar-refractivity contribution in [3.63, 3.8) is 0 Å². The average molecular weight is 373 g/mol. The van der Waals surface area contributed by atoms with Crippen LogP contribution in [0, 0.1) is 0 Å². The van der Waals surface area contributed by atoms with E-state index in [9.17, 15) is 15.0 Å². The lowest BCUT2D eigenvalue weighted by Gasteiger charge is -2.18. The van der Waals surface area contributed by atoms with Crippen molar-refractivity contribution in [3.8, 4) is 5.75 Å². The highest BCUT2D eigenvalue weighted by molar-refractivity contribution is 5.74. The van der Waals surface area contributed by atoms with Crippen LogP contribution >= 0.6 is 0 Å². The van der Waals surface area contributed by atoms with Gasteiger partial charge in [-0.2, -0.15) is 0 Å². The first-order valence-corrected chi connectivity index (χ1v) is 9.24. The van der Waals surface area contributed by atoms with E-state index in [-0.39, 0.29) is 24.2 Å². The summed E-state index contributed by atoms with van der Waals surface area (Å²) in [5.41, 5.74) is 2.36. The third-order valence-corrected chi connectivity index (χ3v) is 4.20. The quantitative estimate of drug-likeness (QED) is 0.571. The highest BCUT2D eigenvalue weighted by atomic mass is 16.3. The number of ketones is 1. The molecule has 2 aromatic carbocycles. The standard InChI is InChI=1S/C18H23NO3.C4H8O/c1-13(9-14-5-3-2-4-6-14)19-11-18(22)15-7-8-17(21)16(10-15)12-20;1-3-4(2)5/h2-8,10,13,18-22H,9,11-12H2,1H3;3H2,1-2H3. The molecule has 0 aliphatic rings. The van der Waals surface area contributed by atoms with Crippen LogP contribution in [0.5, 0.6) is 5.75 Å². The fourth-order valence-electron chi connectivity index (χ4n) is 2.41. The lowest BCUT2D eigenvalue weighted by atomic mass is 10.0. The number of phenols is 1. The lowest BCUT2D eigenvalue weighted by molar-refractivity contribution is -0.116. The Morgan fingerprint density at radius 2 is 1.78 bits per heavy atom. The van der Waals surface area contributed by atoms with Gasteiger partial charge in [0.1, 0.15) is 11.5 Å². The first-order chi connectivity index (χ1) is 12.9. The maximum atomic E-state index is 10.2. The minimum atomic E-state index is -0.677.